The van der Waals surface area contributed by atoms with Gasteiger partial charge in [-0.25, -0.2) is 19.6 Å². The molecule has 14 nitrogen and oxygen atoms in total. The number of aromatic nitrogens is 4. The lowest BCUT2D eigenvalue weighted by Crippen LogP contribution is -2.51. The standard InChI is InChI=1S/C57H66N8O6/c1-33(2)49(62-55(68)70-5)53(66)64-25-9-11-47(64)51-58-31-45(60-51)36-15-13-35(14-16-36)43-29-41(30-44-42(43)21-24-57(44)22-7-8-23-57)39-18-17-38-28-40(20-19-37(38)27-39)46-32-59-52(61-46)48-12-10-26-65(48)54(67)50(34(3)4)63-56(69)71-6/h13-20,27-34,47-50H,7-12,21-26H2,1-6H3,(H,58,60)(H,59,61)(H,62,68)(H,63,69)/t47-,48-,49-,50-/m0/s1. The molecule has 6 aromatic rings. The van der Waals surface area contributed by atoms with Gasteiger partial charge in [0.25, 0.3) is 0 Å². The van der Waals surface area contributed by atoms with E-state index in [-0.39, 0.29) is 41.1 Å². The molecule has 4 aromatic carbocycles. The lowest BCUT2D eigenvalue weighted by molar-refractivity contribution is -0.136. The maximum Gasteiger partial charge on any atom is 0.407 e. The highest BCUT2D eigenvalue weighted by Gasteiger charge is 2.43. The number of likely N-dealkylation sites (tertiary alicyclic amines) is 2. The average Bonchev–Trinajstić information content (AvgIpc) is 4.26. The van der Waals surface area contributed by atoms with Crippen molar-refractivity contribution in [2.45, 2.75) is 121 Å². The molecule has 0 bridgehead atoms. The van der Waals surface area contributed by atoms with Crippen LogP contribution >= 0.6 is 0 Å². The molecule has 4 atom stereocenters. The molecule has 71 heavy (non-hydrogen) atoms. The van der Waals surface area contributed by atoms with Gasteiger partial charge in [-0.1, -0.05) is 95.1 Å². The first-order valence-corrected chi connectivity index (χ1v) is 25.6. The molecule has 4 heterocycles. The SMILES string of the molecule is COC(=O)N[C@H](C(=O)N1CCC[C@H]1c1ncc(-c2ccc(-c3cc(-c4ccc5cc(-c6cnc([C@@H]7CCCN7C(=O)[C@@H](NC(=O)OC)C(C)C)[nH]6)ccc5c4)cc4c3CCC43CCCC3)cc2)[nH]1)C(C)C. The largest absolute Gasteiger partial charge is 0.453 e. The number of hydrogen-bond acceptors (Lipinski definition) is 8. The molecular formula is C57H66N8O6. The van der Waals surface area contributed by atoms with E-state index in [1.807, 2.05) is 49.9 Å². The second-order valence-corrected chi connectivity index (χ2v) is 20.9. The molecule has 0 radical (unpaired) electrons. The maximum absolute atomic E-state index is 13.8. The minimum atomic E-state index is -0.689. The van der Waals surface area contributed by atoms with Crippen LogP contribution in [0.2, 0.25) is 0 Å². The highest BCUT2D eigenvalue weighted by Crippen LogP contribution is 2.53. The van der Waals surface area contributed by atoms with Crippen LogP contribution < -0.4 is 10.6 Å². The summed E-state index contributed by atoms with van der Waals surface area (Å²) in [6, 6.07) is 25.2. The molecule has 2 saturated heterocycles. The Hall–Kier alpha value is -6.96. The van der Waals surface area contributed by atoms with Crippen molar-refractivity contribution in [3.63, 3.8) is 0 Å². The number of rotatable bonds is 12. The fraction of sp³-hybridized carbons (Fsp3) is 0.439. The third kappa shape index (κ3) is 9.17. The number of H-pyrrole nitrogens is 2. The van der Waals surface area contributed by atoms with Gasteiger partial charge in [0.2, 0.25) is 11.8 Å². The summed E-state index contributed by atoms with van der Waals surface area (Å²) in [4.78, 5) is 72.1. The average molecular weight is 959 g/mol. The van der Waals surface area contributed by atoms with Gasteiger partial charge in [-0.3, -0.25) is 9.59 Å². The number of ether oxygens (including phenoxy) is 2. The molecule has 370 valence electrons. The summed E-state index contributed by atoms with van der Waals surface area (Å²) < 4.78 is 9.63. The van der Waals surface area contributed by atoms with Gasteiger partial charge in [-0.2, -0.15) is 0 Å². The zero-order valence-corrected chi connectivity index (χ0v) is 41.8. The molecular weight excluding hydrogens is 893 g/mol. The highest BCUT2D eigenvalue weighted by molar-refractivity contribution is 5.92. The first-order valence-electron chi connectivity index (χ1n) is 25.6. The van der Waals surface area contributed by atoms with Crippen molar-refractivity contribution >= 4 is 34.8 Å². The Morgan fingerprint density at radius 1 is 0.606 bits per heavy atom. The third-order valence-corrected chi connectivity index (χ3v) is 15.9. The number of alkyl carbamates (subject to hydrolysis) is 2. The van der Waals surface area contributed by atoms with E-state index >= 15 is 0 Å². The molecule has 14 heteroatoms. The lowest BCUT2D eigenvalue weighted by Gasteiger charge is -2.30. The molecule has 2 aromatic heterocycles. The van der Waals surface area contributed by atoms with E-state index in [1.165, 1.54) is 79.7 Å². The smallest absolute Gasteiger partial charge is 0.407 e. The number of methoxy groups -OCH3 is 2. The second kappa shape index (κ2) is 19.7. The summed E-state index contributed by atoms with van der Waals surface area (Å²) in [5.41, 5.74) is 12.0. The van der Waals surface area contributed by atoms with Crippen LogP contribution in [0.1, 0.15) is 120 Å². The molecule has 4 aliphatic rings. The van der Waals surface area contributed by atoms with Gasteiger partial charge in [0.1, 0.15) is 23.7 Å². The molecule has 4 amide bonds. The Kier molecular flexibility index (Phi) is 13.2. The molecule has 2 aliphatic carbocycles. The zero-order chi connectivity index (χ0) is 49.6. The van der Waals surface area contributed by atoms with E-state index in [0.29, 0.717) is 13.1 Å². The van der Waals surface area contributed by atoms with Gasteiger partial charge in [0.15, 0.2) is 0 Å². The Bertz CT molecular complexity index is 2970. The summed E-state index contributed by atoms with van der Waals surface area (Å²) in [6.07, 6.45) is 13.1. The van der Waals surface area contributed by atoms with Crippen molar-refractivity contribution < 1.29 is 28.7 Å². The van der Waals surface area contributed by atoms with E-state index < -0.39 is 24.3 Å². The minimum absolute atomic E-state index is 0.105. The zero-order valence-electron chi connectivity index (χ0n) is 41.8. The molecule has 4 N–H and O–H groups in total. The van der Waals surface area contributed by atoms with Crippen LogP contribution in [0.3, 0.4) is 0 Å². The van der Waals surface area contributed by atoms with Crippen LogP contribution in [-0.2, 0) is 30.9 Å². The third-order valence-electron chi connectivity index (χ3n) is 15.9. The predicted octanol–water partition coefficient (Wildman–Crippen LogP) is 10.8. The van der Waals surface area contributed by atoms with Gasteiger partial charge in [0.05, 0.1) is 50.1 Å². The van der Waals surface area contributed by atoms with Crippen molar-refractivity contribution in [1.82, 2.24) is 40.4 Å². The van der Waals surface area contributed by atoms with E-state index in [4.69, 9.17) is 19.4 Å². The summed E-state index contributed by atoms with van der Waals surface area (Å²) in [7, 11) is 2.61. The van der Waals surface area contributed by atoms with Gasteiger partial charge in [-0.15, -0.1) is 0 Å². The fourth-order valence-corrected chi connectivity index (χ4v) is 12.0. The van der Waals surface area contributed by atoms with E-state index in [9.17, 15) is 19.2 Å². The molecule has 0 unspecified atom stereocenters. The summed E-state index contributed by atoms with van der Waals surface area (Å²) in [5, 5.41) is 7.75. The second-order valence-electron chi connectivity index (χ2n) is 20.9. The number of benzene rings is 4. The quantitative estimate of drug-likeness (QED) is 0.0937. The van der Waals surface area contributed by atoms with Gasteiger partial charge < -0.3 is 39.9 Å². The number of carbonyl (C=O) groups excluding carboxylic acids is 4. The maximum atomic E-state index is 13.8. The van der Waals surface area contributed by atoms with Gasteiger partial charge in [-0.05, 0) is 137 Å². The van der Waals surface area contributed by atoms with Crippen molar-refractivity contribution in [2.75, 3.05) is 27.3 Å². The predicted molar refractivity (Wildman–Crippen MR) is 274 cm³/mol. The lowest BCUT2D eigenvalue weighted by atomic mass is 9.78. The number of nitrogens with zero attached hydrogens (tertiary/aromatic N) is 4. The number of hydrogen-bond donors (Lipinski definition) is 4. The Morgan fingerprint density at radius 3 is 1.63 bits per heavy atom. The van der Waals surface area contributed by atoms with Gasteiger partial charge >= 0.3 is 12.2 Å². The normalized spacial score (nSPS) is 19.2. The van der Waals surface area contributed by atoms with Crippen LogP contribution in [0.15, 0.2) is 85.2 Å². The monoisotopic (exact) mass is 959 g/mol. The summed E-state index contributed by atoms with van der Waals surface area (Å²) >= 11 is 0. The topological polar surface area (TPSA) is 175 Å². The first-order chi connectivity index (χ1) is 34.3. The number of imidazole rings is 2. The van der Waals surface area contributed by atoms with Crippen LogP contribution in [0, 0.1) is 11.8 Å². The van der Waals surface area contributed by atoms with Crippen LogP contribution in [0.4, 0.5) is 9.59 Å². The number of amides is 4. The Morgan fingerprint density at radius 2 is 1.10 bits per heavy atom. The van der Waals surface area contributed by atoms with E-state index in [0.717, 1.165) is 77.0 Å². The Balaban J connectivity index is 0.895. The first kappa shape index (κ1) is 47.7. The molecule has 3 fully saturated rings. The molecule has 1 saturated carbocycles. The van der Waals surface area contributed by atoms with Crippen LogP contribution in [-0.4, -0.2) is 93.1 Å². The minimum Gasteiger partial charge on any atom is -0.453 e. The number of fused-ring (bicyclic) bond motifs is 3. The molecule has 10 rings (SSSR count). The highest BCUT2D eigenvalue weighted by atomic mass is 16.5. The van der Waals surface area contributed by atoms with E-state index in [2.05, 4.69) is 93.4 Å². The van der Waals surface area contributed by atoms with Crippen molar-refractivity contribution in [1.29, 1.82) is 0 Å². The summed E-state index contributed by atoms with van der Waals surface area (Å²) in [5.74, 6) is 1.03. The van der Waals surface area contributed by atoms with Gasteiger partial charge in [0, 0.05) is 18.7 Å². The fourth-order valence-electron chi connectivity index (χ4n) is 12.0. The molecule has 1 spiro atoms. The van der Waals surface area contributed by atoms with Crippen LogP contribution in [0.5, 0.6) is 0 Å². The van der Waals surface area contributed by atoms with Crippen molar-refractivity contribution in [3.8, 4) is 44.8 Å². The Labute approximate surface area is 415 Å². The van der Waals surface area contributed by atoms with Crippen molar-refractivity contribution in [2.24, 2.45) is 11.8 Å². The summed E-state index contributed by atoms with van der Waals surface area (Å²) in [6.45, 7) is 8.88. The number of nitrogens with one attached hydrogen (secondary N) is 4. The van der Waals surface area contributed by atoms with Crippen molar-refractivity contribution in [3.05, 3.63) is 108 Å². The van der Waals surface area contributed by atoms with Crippen LogP contribution in [0.25, 0.3) is 55.5 Å². The molecule has 2 aliphatic heterocycles. The number of aromatic amines is 2. The van der Waals surface area contributed by atoms with E-state index in [1.54, 1.807) is 0 Å². The number of carbonyl (C=O) groups is 4.